The van der Waals surface area contributed by atoms with E-state index in [1.807, 2.05) is 0 Å². The molecule has 1 heterocycles. The van der Waals surface area contributed by atoms with Crippen molar-refractivity contribution in [3.8, 4) is 0 Å². The normalized spacial score (nSPS) is 12.5. The minimum absolute atomic E-state index is 0.186. The van der Waals surface area contributed by atoms with Crippen molar-refractivity contribution >= 4 is 21.6 Å². The van der Waals surface area contributed by atoms with Crippen molar-refractivity contribution in [3.05, 3.63) is 60.2 Å². The summed E-state index contributed by atoms with van der Waals surface area (Å²) in [7, 11) is -3.72. The third-order valence-corrected chi connectivity index (χ3v) is 4.58. The summed E-state index contributed by atoms with van der Waals surface area (Å²) in [6.45, 7) is 1.66. The van der Waals surface area contributed by atoms with Gasteiger partial charge < -0.3 is 5.32 Å². The van der Waals surface area contributed by atoms with Gasteiger partial charge in [0, 0.05) is 6.20 Å². The molecule has 128 valence electrons. The molecule has 8 heteroatoms. The van der Waals surface area contributed by atoms with Crippen LogP contribution in [0.5, 0.6) is 0 Å². The van der Waals surface area contributed by atoms with Gasteiger partial charge in [-0.25, -0.2) is 12.8 Å². The minimum atomic E-state index is -3.72. The van der Waals surface area contributed by atoms with Crippen molar-refractivity contribution in [1.29, 1.82) is 0 Å². The number of pyridine rings is 1. The number of hydrogen-bond acceptors (Lipinski definition) is 4. The molecule has 0 saturated carbocycles. The van der Waals surface area contributed by atoms with Crippen molar-refractivity contribution in [2.45, 2.75) is 19.5 Å². The van der Waals surface area contributed by atoms with E-state index in [1.54, 1.807) is 24.4 Å². The van der Waals surface area contributed by atoms with Crippen LogP contribution >= 0.6 is 0 Å². The minimum Gasteiger partial charge on any atom is -0.349 e. The van der Waals surface area contributed by atoms with E-state index < -0.39 is 27.8 Å². The van der Waals surface area contributed by atoms with E-state index in [1.165, 1.54) is 19.1 Å². The van der Waals surface area contributed by atoms with Gasteiger partial charge in [-0.05, 0) is 43.3 Å². The Hall–Kier alpha value is -2.48. The van der Waals surface area contributed by atoms with Crippen molar-refractivity contribution in [2.24, 2.45) is 0 Å². The smallest absolute Gasteiger partial charge is 0.243 e. The molecule has 24 heavy (non-hydrogen) atoms. The molecular formula is C16H18FN3O3S. The molecule has 0 aliphatic rings. The lowest BCUT2D eigenvalue weighted by atomic mass is 10.2. The fourth-order valence-electron chi connectivity index (χ4n) is 2.22. The quantitative estimate of drug-likeness (QED) is 0.859. The molecule has 1 N–H and O–H groups in total. The van der Waals surface area contributed by atoms with Gasteiger partial charge >= 0.3 is 0 Å². The number of rotatable bonds is 6. The molecule has 2 rings (SSSR count). The molecule has 0 aliphatic carbocycles. The number of nitrogens with one attached hydrogen (secondary N) is 1. The molecule has 1 aromatic carbocycles. The summed E-state index contributed by atoms with van der Waals surface area (Å²) in [4.78, 5) is 16.4. The van der Waals surface area contributed by atoms with Crippen LogP contribution < -0.4 is 9.62 Å². The van der Waals surface area contributed by atoms with Gasteiger partial charge in [-0.1, -0.05) is 6.07 Å². The average molecular weight is 351 g/mol. The van der Waals surface area contributed by atoms with Gasteiger partial charge in [0.15, 0.2) is 0 Å². The van der Waals surface area contributed by atoms with Crippen molar-refractivity contribution in [2.75, 3.05) is 10.6 Å². The lowest BCUT2D eigenvalue weighted by Crippen LogP contribution is -2.47. The number of aromatic nitrogens is 1. The number of carbonyl (C=O) groups is 1. The summed E-state index contributed by atoms with van der Waals surface area (Å²) in [5.74, 6) is -0.963. The lowest BCUT2D eigenvalue weighted by Gasteiger charge is -2.28. The maximum Gasteiger partial charge on any atom is 0.243 e. The van der Waals surface area contributed by atoms with Gasteiger partial charge in [0.05, 0.1) is 24.2 Å². The maximum absolute atomic E-state index is 13.1. The molecule has 1 amide bonds. The van der Waals surface area contributed by atoms with Gasteiger partial charge in [-0.15, -0.1) is 0 Å². The van der Waals surface area contributed by atoms with Gasteiger partial charge in [-0.2, -0.15) is 0 Å². The molecule has 0 saturated heterocycles. The molecule has 0 fully saturated rings. The summed E-state index contributed by atoms with van der Waals surface area (Å²) in [6, 6.07) is 9.23. The predicted octanol–water partition coefficient (Wildman–Crippen LogP) is 1.69. The largest absolute Gasteiger partial charge is 0.349 e. The van der Waals surface area contributed by atoms with Crippen LogP contribution in [0.2, 0.25) is 0 Å². The molecule has 6 nitrogen and oxygen atoms in total. The third kappa shape index (κ3) is 4.51. The van der Waals surface area contributed by atoms with Crippen LogP contribution in [-0.4, -0.2) is 31.6 Å². The van der Waals surface area contributed by atoms with Crippen LogP contribution in [0.25, 0.3) is 0 Å². The lowest BCUT2D eigenvalue weighted by molar-refractivity contribution is -0.122. The van der Waals surface area contributed by atoms with Crippen LogP contribution in [0, 0.1) is 5.82 Å². The fourth-order valence-corrected chi connectivity index (χ4v) is 3.40. The SMILES string of the molecule is CC(C(=O)NCc1ccccn1)N(c1ccc(F)cc1)S(C)(=O)=O. The molecule has 1 unspecified atom stereocenters. The Morgan fingerprint density at radius 2 is 1.92 bits per heavy atom. The Morgan fingerprint density at radius 3 is 2.46 bits per heavy atom. The molecule has 2 aromatic rings. The summed E-state index contributed by atoms with van der Waals surface area (Å²) < 4.78 is 38.2. The van der Waals surface area contributed by atoms with Gasteiger partial charge in [0.25, 0.3) is 0 Å². The number of nitrogens with zero attached hydrogens (tertiary/aromatic N) is 2. The molecule has 0 radical (unpaired) electrons. The average Bonchev–Trinajstić information content (AvgIpc) is 2.54. The maximum atomic E-state index is 13.1. The number of amides is 1. The Kier molecular flexibility index (Phi) is 5.50. The summed E-state index contributed by atoms with van der Waals surface area (Å²) in [5, 5.41) is 2.65. The third-order valence-electron chi connectivity index (χ3n) is 3.34. The second kappa shape index (κ2) is 7.39. The highest BCUT2D eigenvalue weighted by molar-refractivity contribution is 7.92. The van der Waals surface area contributed by atoms with E-state index in [0.29, 0.717) is 5.69 Å². The second-order valence-electron chi connectivity index (χ2n) is 5.25. The highest BCUT2D eigenvalue weighted by atomic mass is 32.2. The second-order valence-corrected chi connectivity index (χ2v) is 7.11. The highest BCUT2D eigenvalue weighted by Crippen LogP contribution is 2.21. The summed E-state index contributed by atoms with van der Waals surface area (Å²) in [6.07, 6.45) is 2.60. The van der Waals surface area contributed by atoms with Gasteiger partial charge in [0.2, 0.25) is 15.9 Å². The van der Waals surface area contributed by atoms with E-state index in [4.69, 9.17) is 0 Å². The Morgan fingerprint density at radius 1 is 1.25 bits per heavy atom. The highest BCUT2D eigenvalue weighted by Gasteiger charge is 2.28. The van der Waals surface area contributed by atoms with E-state index in [2.05, 4.69) is 10.3 Å². The zero-order valence-corrected chi connectivity index (χ0v) is 14.1. The van der Waals surface area contributed by atoms with Crippen LogP contribution in [0.4, 0.5) is 10.1 Å². The number of benzene rings is 1. The summed E-state index contributed by atoms with van der Waals surface area (Å²) in [5.41, 5.74) is 0.880. The van der Waals surface area contributed by atoms with Crippen LogP contribution in [0.15, 0.2) is 48.7 Å². The van der Waals surface area contributed by atoms with Crippen LogP contribution in [0.3, 0.4) is 0 Å². The summed E-state index contributed by atoms with van der Waals surface area (Å²) >= 11 is 0. The monoisotopic (exact) mass is 351 g/mol. The van der Waals surface area contributed by atoms with Crippen molar-refractivity contribution < 1.29 is 17.6 Å². The van der Waals surface area contributed by atoms with Crippen LogP contribution in [0.1, 0.15) is 12.6 Å². The number of anilines is 1. The Balaban J connectivity index is 2.17. The number of sulfonamides is 1. The standard InChI is InChI=1S/C16H18FN3O3S/c1-12(16(21)19-11-14-5-3-4-10-18-14)20(24(2,22)23)15-8-6-13(17)7-9-15/h3-10,12H,11H2,1-2H3,(H,19,21). The van der Waals surface area contributed by atoms with E-state index in [9.17, 15) is 17.6 Å². The van der Waals surface area contributed by atoms with Crippen molar-refractivity contribution in [3.63, 3.8) is 0 Å². The van der Waals surface area contributed by atoms with E-state index >= 15 is 0 Å². The van der Waals surface area contributed by atoms with Crippen LogP contribution in [-0.2, 0) is 21.4 Å². The molecular weight excluding hydrogens is 333 g/mol. The fraction of sp³-hybridized carbons (Fsp3) is 0.250. The predicted molar refractivity (Wildman–Crippen MR) is 89.3 cm³/mol. The van der Waals surface area contributed by atoms with Gasteiger partial charge in [0.1, 0.15) is 11.9 Å². The first-order valence-corrected chi connectivity index (χ1v) is 9.06. The number of halogens is 1. The first-order valence-electron chi connectivity index (χ1n) is 7.21. The first kappa shape index (κ1) is 17.9. The number of carbonyl (C=O) groups excluding carboxylic acids is 1. The molecule has 0 bridgehead atoms. The number of hydrogen-bond donors (Lipinski definition) is 1. The molecule has 1 atom stereocenters. The molecule has 0 aliphatic heterocycles. The van der Waals surface area contributed by atoms with E-state index in [-0.39, 0.29) is 12.2 Å². The first-order chi connectivity index (χ1) is 11.3. The zero-order chi connectivity index (χ0) is 17.7. The van der Waals surface area contributed by atoms with E-state index in [0.717, 1.165) is 22.7 Å². The van der Waals surface area contributed by atoms with Gasteiger partial charge in [-0.3, -0.25) is 14.1 Å². The molecule has 0 spiro atoms. The zero-order valence-electron chi connectivity index (χ0n) is 13.3. The van der Waals surface area contributed by atoms with Crippen molar-refractivity contribution in [1.82, 2.24) is 10.3 Å². The molecule has 1 aromatic heterocycles. The Labute approximate surface area is 140 Å². The topological polar surface area (TPSA) is 79.4 Å². The Bertz CT molecular complexity index is 795.